The lowest BCUT2D eigenvalue weighted by Gasteiger charge is -2.30. The van der Waals surface area contributed by atoms with Crippen LogP contribution >= 0.6 is 0 Å². The molecule has 0 aliphatic heterocycles. The van der Waals surface area contributed by atoms with Crippen molar-refractivity contribution >= 4 is 16.2 Å². The molecule has 0 radical (unpaired) electrons. The number of methoxy groups -OCH3 is 1. The summed E-state index contributed by atoms with van der Waals surface area (Å²) < 4.78 is 32.7. The van der Waals surface area contributed by atoms with Crippen LogP contribution < -0.4 is 9.44 Å². The highest BCUT2D eigenvalue weighted by Gasteiger charge is 2.30. The molecule has 0 saturated carbocycles. The van der Waals surface area contributed by atoms with E-state index in [2.05, 4.69) is 9.44 Å². The molecule has 8 heteroatoms. The molecule has 0 fully saturated rings. The molecule has 0 spiro atoms. The SMILES string of the molecule is COCCNS(=O)(=O)NC(CC(=O)O)C(C)(C)C. The van der Waals surface area contributed by atoms with Crippen molar-refractivity contribution in [1.82, 2.24) is 9.44 Å². The van der Waals surface area contributed by atoms with Gasteiger partial charge in [0.05, 0.1) is 13.0 Å². The van der Waals surface area contributed by atoms with Gasteiger partial charge in [-0.3, -0.25) is 4.79 Å². The maximum absolute atomic E-state index is 11.7. The number of carbonyl (C=O) groups is 1. The number of aliphatic carboxylic acids is 1. The van der Waals surface area contributed by atoms with Crippen LogP contribution in [0.15, 0.2) is 0 Å². The second-order valence-corrected chi connectivity index (χ2v) is 6.56. The van der Waals surface area contributed by atoms with E-state index in [4.69, 9.17) is 9.84 Å². The first-order chi connectivity index (χ1) is 8.08. The summed E-state index contributed by atoms with van der Waals surface area (Å²) in [5.41, 5.74) is -0.492. The van der Waals surface area contributed by atoms with E-state index in [1.807, 2.05) is 0 Å². The number of hydrogen-bond acceptors (Lipinski definition) is 4. The van der Waals surface area contributed by atoms with Gasteiger partial charge >= 0.3 is 5.97 Å². The summed E-state index contributed by atoms with van der Waals surface area (Å²) >= 11 is 0. The summed E-state index contributed by atoms with van der Waals surface area (Å²) in [6.07, 6.45) is -0.269. The van der Waals surface area contributed by atoms with Crippen LogP contribution in [0.3, 0.4) is 0 Å². The van der Waals surface area contributed by atoms with E-state index in [9.17, 15) is 13.2 Å². The molecule has 18 heavy (non-hydrogen) atoms. The number of carboxylic acids is 1. The number of hydrogen-bond donors (Lipinski definition) is 3. The molecule has 7 nitrogen and oxygen atoms in total. The van der Waals surface area contributed by atoms with E-state index in [1.165, 1.54) is 7.11 Å². The van der Waals surface area contributed by atoms with Crippen molar-refractivity contribution < 1.29 is 23.1 Å². The van der Waals surface area contributed by atoms with E-state index >= 15 is 0 Å². The lowest BCUT2D eigenvalue weighted by atomic mass is 9.85. The molecule has 0 aromatic heterocycles. The largest absolute Gasteiger partial charge is 0.481 e. The van der Waals surface area contributed by atoms with Crippen molar-refractivity contribution in [2.24, 2.45) is 5.41 Å². The van der Waals surface area contributed by atoms with E-state index in [0.29, 0.717) is 0 Å². The fourth-order valence-corrected chi connectivity index (χ4v) is 2.45. The van der Waals surface area contributed by atoms with E-state index in [1.54, 1.807) is 20.8 Å². The molecule has 0 amide bonds. The molecule has 0 rings (SSSR count). The molecule has 108 valence electrons. The lowest BCUT2D eigenvalue weighted by Crippen LogP contribution is -2.49. The predicted octanol–water partition coefficient (Wildman–Crippen LogP) is -0.0538. The minimum Gasteiger partial charge on any atom is -0.481 e. The molecule has 0 heterocycles. The number of carboxylic acid groups (broad SMARTS) is 1. The molecule has 1 unspecified atom stereocenters. The zero-order valence-electron chi connectivity index (χ0n) is 11.2. The van der Waals surface area contributed by atoms with Crippen LogP contribution in [0.5, 0.6) is 0 Å². The van der Waals surface area contributed by atoms with Gasteiger partial charge in [0.1, 0.15) is 0 Å². The Bertz CT molecular complexity index is 361. The van der Waals surface area contributed by atoms with Gasteiger partial charge in [0, 0.05) is 19.7 Å². The zero-order chi connectivity index (χ0) is 14.4. The zero-order valence-corrected chi connectivity index (χ0v) is 12.0. The van der Waals surface area contributed by atoms with Gasteiger partial charge in [0.15, 0.2) is 0 Å². The van der Waals surface area contributed by atoms with E-state index in [-0.39, 0.29) is 19.6 Å². The van der Waals surface area contributed by atoms with Crippen molar-refractivity contribution in [2.75, 3.05) is 20.3 Å². The maximum Gasteiger partial charge on any atom is 0.304 e. The quantitative estimate of drug-likeness (QED) is 0.541. The molecule has 0 aliphatic carbocycles. The van der Waals surface area contributed by atoms with Gasteiger partial charge in [-0.25, -0.2) is 0 Å². The highest BCUT2D eigenvalue weighted by molar-refractivity contribution is 7.87. The van der Waals surface area contributed by atoms with E-state index in [0.717, 1.165) is 0 Å². The van der Waals surface area contributed by atoms with E-state index < -0.39 is 27.6 Å². The van der Waals surface area contributed by atoms with Gasteiger partial charge < -0.3 is 9.84 Å². The summed E-state index contributed by atoms with van der Waals surface area (Å²) in [4.78, 5) is 10.7. The fraction of sp³-hybridized carbons (Fsp3) is 0.900. The molecule has 0 aromatic rings. The van der Waals surface area contributed by atoms with Gasteiger partial charge in [-0.15, -0.1) is 0 Å². The Hall–Kier alpha value is -0.700. The first-order valence-electron chi connectivity index (χ1n) is 5.56. The first-order valence-corrected chi connectivity index (χ1v) is 7.04. The van der Waals surface area contributed by atoms with Crippen molar-refractivity contribution in [3.8, 4) is 0 Å². The molecule has 0 aliphatic rings. The summed E-state index contributed by atoms with van der Waals surface area (Å²) in [6, 6.07) is -0.685. The highest BCUT2D eigenvalue weighted by Crippen LogP contribution is 2.22. The third-order valence-electron chi connectivity index (χ3n) is 2.32. The third kappa shape index (κ3) is 7.59. The van der Waals surface area contributed by atoms with Crippen LogP contribution in [0.2, 0.25) is 0 Å². The average Bonchev–Trinajstić information content (AvgIpc) is 2.14. The molecular weight excluding hydrogens is 260 g/mol. The minimum atomic E-state index is -3.73. The van der Waals surface area contributed by atoms with Crippen LogP contribution in [-0.4, -0.2) is 45.8 Å². The second-order valence-electron chi connectivity index (χ2n) is 5.02. The Balaban J connectivity index is 4.61. The van der Waals surface area contributed by atoms with Gasteiger partial charge in [-0.1, -0.05) is 20.8 Å². The highest BCUT2D eigenvalue weighted by atomic mass is 32.2. The van der Waals surface area contributed by atoms with Crippen LogP contribution in [0.4, 0.5) is 0 Å². The van der Waals surface area contributed by atoms with Gasteiger partial charge in [0.25, 0.3) is 10.2 Å². The molecule has 0 saturated heterocycles. The average molecular weight is 282 g/mol. The molecule has 1 atom stereocenters. The predicted molar refractivity (Wildman–Crippen MR) is 67.4 cm³/mol. The number of ether oxygens (including phenoxy) is 1. The summed E-state index contributed by atoms with van der Waals surface area (Å²) in [5.74, 6) is -1.05. The Labute approximate surface area is 108 Å². The Morgan fingerprint density at radius 1 is 1.39 bits per heavy atom. The molecular formula is C10H22N2O5S. The number of nitrogens with one attached hydrogen (secondary N) is 2. The number of rotatable bonds is 8. The smallest absolute Gasteiger partial charge is 0.304 e. The maximum atomic E-state index is 11.7. The Morgan fingerprint density at radius 2 is 1.94 bits per heavy atom. The monoisotopic (exact) mass is 282 g/mol. The minimum absolute atomic E-state index is 0.135. The summed E-state index contributed by atoms with van der Waals surface area (Å²) in [7, 11) is -2.26. The third-order valence-corrected chi connectivity index (χ3v) is 3.50. The van der Waals surface area contributed by atoms with Crippen LogP contribution in [0.1, 0.15) is 27.2 Å². The summed E-state index contributed by atoms with van der Waals surface area (Å²) in [5, 5.41) is 8.78. The van der Waals surface area contributed by atoms with Gasteiger partial charge in [0.2, 0.25) is 0 Å². The van der Waals surface area contributed by atoms with Crippen molar-refractivity contribution in [3.05, 3.63) is 0 Å². The summed E-state index contributed by atoms with van der Waals surface area (Å²) in [6.45, 7) is 5.71. The fourth-order valence-electron chi connectivity index (χ4n) is 1.21. The van der Waals surface area contributed by atoms with Crippen LogP contribution in [0.25, 0.3) is 0 Å². The normalized spacial score (nSPS) is 14.4. The van der Waals surface area contributed by atoms with Crippen LogP contribution in [-0.2, 0) is 19.7 Å². The van der Waals surface area contributed by atoms with Crippen LogP contribution in [0, 0.1) is 5.41 Å². The lowest BCUT2D eigenvalue weighted by molar-refractivity contribution is -0.138. The molecule has 3 N–H and O–H groups in total. The second kappa shape index (κ2) is 7.03. The van der Waals surface area contributed by atoms with Crippen molar-refractivity contribution in [3.63, 3.8) is 0 Å². The van der Waals surface area contributed by atoms with Gasteiger partial charge in [-0.05, 0) is 5.41 Å². The first kappa shape index (κ1) is 17.3. The topological polar surface area (TPSA) is 105 Å². The van der Waals surface area contributed by atoms with Crippen molar-refractivity contribution in [2.45, 2.75) is 33.2 Å². The Kier molecular flexibility index (Phi) is 6.76. The molecule has 0 aromatic carbocycles. The Morgan fingerprint density at radius 3 is 2.33 bits per heavy atom. The standard InChI is InChI=1S/C10H22N2O5S/c1-10(2,3)8(7-9(13)14)12-18(15,16)11-5-6-17-4/h8,11-12H,5-7H2,1-4H3,(H,13,14). The van der Waals surface area contributed by atoms with Gasteiger partial charge in [-0.2, -0.15) is 17.9 Å². The van der Waals surface area contributed by atoms with Crippen molar-refractivity contribution in [1.29, 1.82) is 0 Å². The molecule has 0 bridgehead atoms.